The summed E-state index contributed by atoms with van der Waals surface area (Å²) in [5.41, 5.74) is 1.41. The van der Waals surface area contributed by atoms with Gasteiger partial charge in [-0.05, 0) is 75.3 Å². The number of carbonyl (C=O) groups is 3. The minimum absolute atomic E-state index is 0.292. The van der Waals surface area contributed by atoms with Crippen LogP contribution in [0, 0.1) is 0 Å². The third kappa shape index (κ3) is 4.23. The number of nitrogens with one attached hydrogen (secondary N) is 1. The van der Waals surface area contributed by atoms with Crippen LogP contribution in [-0.2, 0) is 9.59 Å². The molecule has 0 saturated carbocycles. The molecule has 5 nitrogen and oxygen atoms in total. The molecule has 1 heterocycles. The summed E-state index contributed by atoms with van der Waals surface area (Å²) in [6.07, 6.45) is 1.76. The number of hydrogen-bond donors (Lipinski definition) is 1. The molecule has 1 N–H and O–H groups in total. The Labute approximate surface area is 199 Å². The first-order chi connectivity index (χ1) is 16.0. The highest BCUT2D eigenvalue weighted by Gasteiger charge is 2.36. The monoisotopic (exact) mass is 472 g/mol. The van der Waals surface area contributed by atoms with Crippen LogP contribution in [0.4, 0.5) is 10.5 Å². The third-order valence-corrected chi connectivity index (χ3v) is 6.55. The van der Waals surface area contributed by atoms with Crippen molar-refractivity contribution in [2.45, 2.75) is 0 Å². The highest BCUT2D eigenvalue weighted by atomic mass is 35.5. The highest BCUT2D eigenvalue weighted by Crippen LogP contribution is 2.36. The molecule has 3 amide bonds. The third-order valence-electron chi connectivity index (χ3n) is 5.39. The number of benzene rings is 4. The zero-order valence-electron chi connectivity index (χ0n) is 17.2. The second kappa shape index (κ2) is 8.73. The van der Waals surface area contributed by atoms with E-state index < -0.39 is 17.1 Å². The van der Waals surface area contributed by atoms with Crippen molar-refractivity contribution in [3.8, 4) is 0 Å². The van der Waals surface area contributed by atoms with Gasteiger partial charge < -0.3 is 5.32 Å². The molecular formula is C26H17ClN2O3S. The van der Waals surface area contributed by atoms with Crippen molar-refractivity contribution < 1.29 is 14.4 Å². The van der Waals surface area contributed by atoms with Gasteiger partial charge in [-0.25, -0.2) is 0 Å². The van der Waals surface area contributed by atoms with Gasteiger partial charge in [-0.2, -0.15) is 0 Å². The summed E-state index contributed by atoms with van der Waals surface area (Å²) in [6, 6.07) is 24.6. The fraction of sp³-hybridized carbons (Fsp3) is 0.0385. The SMILES string of the molecule is O=C(CN1C(=O)S/C(=C/c2c3ccccc3cc3ccccc23)C1=O)Nc1ccc(Cl)cc1. The van der Waals surface area contributed by atoms with Crippen molar-refractivity contribution >= 4 is 73.7 Å². The van der Waals surface area contributed by atoms with Gasteiger partial charge in [0.2, 0.25) is 5.91 Å². The maximum atomic E-state index is 13.0. The van der Waals surface area contributed by atoms with E-state index >= 15 is 0 Å². The Balaban J connectivity index is 1.45. The Morgan fingerprint density at radius 2 is 1.52 bits per heavy atom. The molecule has 0 radical (unpaired) electrons. The van der Waals surface area contributed by atoms with Crippen molar-refractivity contribution in [2.75, 3.05) is 11.9 Å². The highest BCUT2D eigenvalue weighted by molar-refractivity contribution is 8.18. The van der Waals surface area contributed by atoms with Crippen LogP contribution < -0.4 is 5.32 Å². The summed E-state index contributed by atoms with van der Waals surface area (Å²) in [4.78, 5) is 39.3. The maximum Gasteiger partial charge on any atom is 0.294 e. The standard InChI is InChI=1S/C26H17ClN2O3S/c27-18-9-11-19(12-10-18)28-24(30)15-29-25(31)23(33-26(29)32)14-22-20-7-3-1-5-16(20)13-17-6-2-4-8-21(17)22/h1-14H,15H2,(H,28,30)/b23-14+. The first-order valence-corrected chi connectivity index (χ1v) is 11.4. The van der Waals surface area contributed by atoms with Crippen LogP contribution in [0.5, 0.6) is 0 Å². The van der Waals surface area contributed by atoms with Gasteiger partial charge in [0.1, 0.15) is 6.54 Å². The Bertz CT molecular complexity index is 1410. The summed E-state index contributed by atoms with van der Waals surface area (Å²) in [7, 11) is 0. The number of thioether (sulfide) groups is 1. The van der Waals surface area contributed by atoms with Crippen molar-refractivity contribution in [2.24, 2.45) is 0 Å². The maximum absolute atomic E-state index is 13.0. The second-order valence-electron chi connectivity index (χ2n) is 7.56. The van der Waals surface area contributed by atoms with E-state index in [2.05, 4.69) is 11.4 Å². The van der Waals surface area contributed by atoms with E-state index in [-0.39, 0.29) is 6.54 Å². The van der Waals surface area contributed by atoms with Crippen molar-refractivity contribution in [3.63, 3.8) is 0 Å². The van der Waals surface area contributed by atoms with E-state index in [1.165, 1.54) is 0 Å². The molecule has 0 aliphatic carbocycles. The van der Waals surface area contributed by atoms with Crippen LogP contribution in [-0.4, -0.2) is 28.5 Å². The summed E-state index contributed by atoms with van der Waals surface area (Å²) in [5, 5.41) is 6.82. The molecule has 1 aliphatic heterocycles. The number of rotatable bonds is 4. The van der Waals surface area contributed by atoms with Crippen LogP contribution in [0.25, 0.3) is 27.6 Å². The molecule has 4 aromatic carbocycles. The number of fused-ring (bicyclic) bond motifs is 2. The largest absolute Gasteiger partial charge is 0.325 e. The lowest BCUT2D eigenvalue weighted by Gasteiger charge is -2.12. The minimum Gasteiger partial charge on any atom is -0.325 e. The molecule has 7 heteroatoms. The van der Waals surface area contributed by atoms with E-state index in [0.717, 1.165) is 43.8 Å². The zero-order valence-corrected chi connectivity index (χ0v) is 18.8. The van der Waals surface area contributed by atoms with Gasteiger partial charge in [-0.15, -0.1) is 0 Å². The van der Waals surface area contributed by atoms with E-state index in [4.69, 9.17) is 11.6 Å². The number of nitrogens with zero attached hydrogens (tertiary/aromatic N) is 1. The fourth-order valence-electron chi connectivity index (χ4n) is 3.85. The van der Waals surface area contributed by atoms with Crippen molar-refractivity contribution in [3.05, 3.63) is 94.4 Å². The first kappa shape index (κ1) is 21.2. The molecule has 0 bridgehead atoms. The van der Waals surface area contributed by atoms with Crippen molar-refractivity contribution in [1.29, 1.82) is 0 Å². The van der Waals surface area contributed by atoms with Gasteiger partial charge in [-0.3, -0.25) is 19.3 Å². The molecule has 5 rings (SSSR count). The Morgan fingerprint density at radius 1 is 0.909 bits per heavy atom. The topological polar surface area (TPSA) is 66.5 Å². The van der Waals surface area contributed by atoms with Crippen LogP contribution in [0.1, 0.15) is 5.56 Å². The van der Waals surface area contributed by atoms with Gasteiger partial charge in [0.05, 0.1) is 4.91 Å². The molecule has 0 unspecified atom stereocenters. The van der Waals surface area contributed by atoms with Gasteiger partial charge in [0.15, 0.2) is 0 Å². The number of halogens is 1. The molecule has 1 fully saturated rings. The molecule has 0 spiro atoms. The van der Waals surface area contributed by atoms with E-state index in [0.29, 0.717) is 15.6 Å². The van der Waals surface area contributed by atoms with Crippen LogP contribution in [0.3, 0.4) is 0 Å². The Kier molecular flexibility index (Phi) is 5.62. The predicted octanol–water partition coefficient (Wildman–Crippen LogP) is 6.32. The van der Waals surface area contributed by atoms with Crippen LogP contribution >= 0.6 is 23.4 Å². The van der Waals surface area contributed by atoms with Gasteiger partial charge in [-0.1, -0.05) is 60.1 Å². The summed E-state index contributed by atoms with van der Waals surface area (Å²) >= 11 is 6.71. The average Bonchev–Trinajstić information content (AvgIpc) is 3.07. The number of anilines is 1. The zero-order chi connectivity index (χ0) is 22.9. The molecule has 1 aliphatic rings. The molecular weight excluding hydrogens is 456 g/mol. The van der Waals surface area contributed by atoms with E-state index in [1.54, 1.807) is 30.3 Å². The number of amides is 3. The molecule has 162 valence electrons. The lowest BCUT2D eigenvalue weighted by Crippen LogP contribution is -2.36. The lowest BCUT2D eigenvalue weighted by atomic mass is 9.96. The smallest absolute Gasteiger partial charge is 0.294 e. The Morgan fingerprint density at radius 3 is 2.15 bits per heavy atom. The predicted molar refractivity (Wildman–Crippen MR) is 134 cm³/mol. The Hall–Kier alpha value is -3.61. The lowest BCUT2D eigenvalue weighted by molar-refractivity contribution is -0.127. The van der Waals surface area contributed by atoms with Gasteiger partial charge in [0, 0.05) is 10.7 Å². The quantitative estimate of drug-likeness (QED) is 0.279. The number of carbonyl (C=O) groups excluding carboxylic acids is 3. The molecule has 1 saturated heterocycles. The van der Waals surface area contributed by atoms with Crippen LogP contribution in [0.15, 0.2) is 83.8 Å². The number of hydrogen-bond acceptors (Lipinski definition) is 4. The molecule has 0 atom stereocenters. The van der Waals surface area contributed by atoms with E-state index in [9.17, 15) is 14.4 Å². The summed E-state index contributed by atoms with van der Waals surface area (Å²) in [5.74, 6) is -0.940. The average molecular weight is 473 g/mol. The molecule has 33 heavy (non-hydrogen) atoms. The summed E-state index contributed by atoms with van der Waals surface area (Å²) < 4.78 is 0. The molecule has 0 aromatic heterocycles. The summed E-state index contributed by atoms with van der Waals surface area (Å²) in [6.45, 7) is -0.360. The van der Waals surface area contributed by atoms with Gasteiger partial charge >= 0.3 is 0 Å². The normalized spacial score (nSPS) is 15.1. The first-order valence-electron chi connectivity index (χ1n) is 10.2. The number of imide groups is 1. The molecule has 4 aromatic rings. The second-order valence-corrected chi connectivity index (χ2v) is 8.99. The minimum atomic E-state index is -0.478. The van der Waals surface area contributed by atoms with Gasteiger partial charge in [0.25, 0.3) is 11.1 Å². The van der Waals surface area contributed by atoms with Crippen LogP contribution in [0.2, 0.25) is 5.02 Å². The fourth-order valence-corrected chi connectivity index (χ4v) is 4.80. The van der Waals surface area contributed by atoms with Crippen molar-refractivity contribution in [1.82, 2.24) is 4.90 Å². The van der Waals surface area contributed by atoms with E-state index in [1.807, 2.05) is 48.5 Å².